The molecule has 1 amide bonds. The molecule has 2 aromatic rings. The lowest BCUT2D eigenvalue weighted by Gasteiger charge is -2.32. The van der Waals surface area contributed by atoms with E-state index in [0.29, 0.717) is 5.69 Å². The molecule has 0 aromatic carbocycles. The molecule has 1 saturated heterocycles. The number of carbonyl (C=O) groups excluding carboxylic acids is 1. The minimum atomic E-state index is -0.0310. The summed E-state index contributed by atoms with van der Waals surface area (Å²) in [6.07, 6.45) is 3.73. The minimum absolute atomic E-state index is 0.0310. The molecular formula is C14H17BrN4OS. The van der Waals surface area contributed by atoms with Gasteiger partial charge in [-0.3, -0.25) is 4.79 Å². The van der Waals surface area contributed by atoms with Crippen LogP contribution in [0.2, 0.25) is 0 Å². The fraction of sp³-hybridized carbons (Fsp3) is 0.429. The summed E-state index contributed by atoms with van der Waals surface area (Å²) < 4.78 is 0.936. The summed E-state index contributed by atoms with van der Waals surface area (Å²) in [7, 11) is 0. The predicted molar refractivity (Wildman–Crippen MR) is 88.0 cm³/mol. The van der Waals surface area contributed by atoms with Crippen molar-refractivity contribution >= 4 is 38.3 Å². The molecular weight excluding hydrogens is 352 g/mol. The van der Waals surface area contributed by atoms with Crippen LogP contribution in [0.1, 0.15) is 29.0 Å². The van der Waals surface area contributed by atoms with Crippen molar-refractivity contribution in [1.29, 1.82) is 0 Å². The highest BCUT2D eigenvalue weighted by Gasteiger charge is 2.23. The van der Waals surface area contributed by atoms with Crippen LogP contribution in [0.4, 0.5) is 5.13 Å². The minimum Gasteiger partial charge on any atom is -0.354 e. The third kappa shape index (κ3) is 3.29. The smallest absolute Gasteiger partial charge is 0.267 e. The lowest BCUT2D eigenvalue weighted by molar-refractivity contribution is 0.0926. The second-order valence-corrected chi connectivity index (χ2v) is 6.93. The monoisotopic (exact) mass is 368 g/mol. The summed E-state index contributed by atoms with van der Waals surface area (Å²) in [4.78, 5) is 21.9. The maximum atomic E-state index is 12.2. The van der Waals surface area contributed by atoms with Crippen LogP contribution < -0.4 is 10.2 Å². The van der Waals surface area contributed by atoms with Gasteiger partial charge in [0.15, 0.2) is 5.13 Å². The number of H-pyrrole nitrogens is 1. The van der Waals surface area contributed by atoms with E-state index in [2.05, 4.69) is 36.1 Å². The number of piperidine rings is 1. The zero-order chi connectivity index (χ0) is 14.8. The van der Waals surface area contributed by atoms with Gasteiger partial charge in [0.2, 0.25) is 0 Å². The van der Waals surface area contributed by atoms with E-state index in [9.17, 15) is 4.79 Å². The van der Waals surface area contributed by atoms with Gasteiger partial charge in [-0.25, -0.2) is 4.98 Å². The van der Waals surface area contributed by atoms with E-state index < -0.39 is 0 Å². The number of thiazole rings is 1. The van der Waals surface area contributed by atoms with Gasteiger partial charge in [-0.2, -0.15) is 0 Å². The molecule has 2 N–H and O–H groups in total. The Hall–Kier alpha value is -1.34. The van der Waals surface area contributed by atoms with Gasteiger partial charge in [0.05, 0.1) is 0 Å². The molecule has 0 atom stereocenters. The molecule has 112 valence electrons. The lowest BCUT2D eigenvalue weighted by Crippen LogP contribution is -2.44. The van der Waals surface area contributed by atoms with Gasteiger partial charge < -0.3 is 15.2 Å². The number of hydrogen-bond donors (Lipinski definition) is 2. The fourth-order valence-corrected chi connectivity index (χ4v) is 3.53. The lowest BCUT2D eigenvalue weighted by atomic mass is 10.1. The number of anilines is 1. The van der Waals surface area contributed by atoms with Crippen LogP contribution in [0.5, 0.6) is 0 Å². The first-order valence-corrected chi connectivity index (χ1v) is 8.61. The number of rotatable bonds is 3. The van der Waals surface area contributed by atoms with E-state index >= 15 is 0 Å². The van der Waals surface area contributed by atoms with Crippen molar-refractivity contribution in [3.8, 4) is 0 Å². The van der Waals surface area contributed by atoms with Gasteiger partial charge >= 0.3 is 0 Å². The third-order valence-electron chi connectivity index (χ3n) is 3.72. The molecule has 3 rings (SSSR count). The van der Waals surface area contributed by atoms with Crippen molar-refractivity contribution in [3.63, 3.8) is 0 Å². The highest BCUT2D eigenvalue weighted by atomic mass is 79.9. The molecule has 5 nitrogen and oxygen atoms in total. The molecule has 3 heterocycles. The van der Waals surface area contributed by atoms with E-state index in [0.717, 1.165) is 41.2 Å². The average molecular weight is 369 g/mol. The van der Waals surface area contributed by atoms with Gasteiger partial charge in [0.25, 0.3) is 5.91 Å². The Morgan fingerprint density at radius 1 is 1.52 bits per heavy atom. The highest BCUT2D eigenvalue weighted by molar-refractivity contribution is 9.10. The van der Waals surface area contributed by atoms with Crippen LogP contribution >= 0.6 is 27.3 Å². The highest BCUT2D eigenvalue weighted by Crippen LogP contribution is 2.22. The Morgan fingerprint density at radius 2 is 2.29 bits per heavy atom. The fourth-order valence-electron chi connectivity index (χ4n) is 2.51. The van der Waals surface area contributed by atoms with Crippen molar-refractivity contribution < 1.29 is 4.79 Å². The van der Waals surface area contributed by atoms with Gasteiger partial charge in [0, 0.05) is 40.9 Å². The molecule has 0 bridgehead atoms. The standard InChI is InChI=1S/C14H17BrN4OS/c1-9-11(15)8-12(17-9)13(20)18-10-2-5-19(6-3-10)14-16-4-7-21-14/h4,7-8,10,17H,2-3,5-6H2,1H3,(H,18,20). The number of nitrogens with one attached hydrogen (secondary N) is 2. The predicted octanol–water partition coefficient (Wildman–Crippen LogP) is 2.94. The first-order valence-electron chi connectivity index (χ1n) is 6.94. The van der Waals surface area contributed by atoms with Crippen molar-refractivity contribution in [2.75, 3.05) is 18.0 Å². The Bertz CT molecular complexity index is 597. The van der Waals surface area contributed by atoms with E-state index in [-0.39, 0.29) is 11.9 Å². The summed E-state index contributed by atoms with van der Waals surface area (Å²) >= 11 is 5.08. The number of amides is 1. The number of aryl methyl sites for hydroxylation is 1. The maximum Gasteiger partial charge on any atom is 0.267 e. The summed E-state index contributed by atoms with van der Waals surface area (Å²) in [5.74, 6) is -0.0310. The van der Waals surface area contributed by atoms with Gasteiger partial charge in [0.1, 0.15) is 5.69 Å². The molecule has 1 aliphatic rings. The van der Waals surface area contributed by atoms with Crippen LogP contribution in [0, 0.1) is 6.92 Å². The number of halogens is 1. The van der Waals surface area contributed by atoms with Crippen LogP contribution in [-0.2, 0) is 0 Å². The van der Waals surface area contributed by atoms with Crippen LogP contribution in [0.25, 0.3) is 0 Å². The van der Waals surface area contributed by atoms with E-state index in [4.69, 9.17) is 0 Å². The van der Waals surface area contributed by atoms with Crippen molar-refractivity contribution in [2.24, 2.45) is 0 Å². The van der Waals surface area contributed by atoms with Crippen molar-refractivity contribution in [1.82, 2.24) is 15.3 Å². The summed E-state index contributed by atoms with van der Waals surface area (Å²) in [6, 6.07) is 2.06. The van der Waals surface area contributed by atoms with E-state index in [1.54, 1.807) is 11.3 Å². The number of aromatic nitrogens is 2. The largest absolute Gasteiger partial charge is 0.354 e. The van der Waals surface area contributed by atoms with Crippen molar-refractivity contribution in [3.05, 3.63) is 33.5 Å². The Morgan fingerprint density at radius 3 is 2.86 bits per heavy atom. The summed E-state index contributed by atoms with van der Waals surface area (Å²) in [6.45, 7) is 3.81. The third-order valence-corrected chi connectivity index (χ3v) is 5.37. The van der Waals surface area contributed by atoms with Crippen LogP contribution in [0.3, 0.4) is 0 Å². The molecule has 2 aromatic heterocycles. The second-order valence-electron chi connectivity index (χ2n) is 5.21. The van der Waals surface area contributed by atoms with Crippen molar-refractivity contribution in [2.45, 2.75) is 25.8 Å². The molecule has 0 unspecified atom stereocenters. The SMILES string of the molecule is Cc1[nH]c(C(=O)NC2CCN(c3nccs3)CC2)cc1Br. The Labute approximate surface area is 135 Å². The van der Waals surface area contributed by atoms with E-state index in [1.807, 2.05) is 24.6 Å². The Balaban J connectivity index is 1.54. The molecule has 1 fully saturated rings. The van der Waals surface area contributed by atoms with Gasteiger partial charge in [-0.15, -0.1) is 11.3 Å². The summed E-state index contributed by atoms with van der Waals surface area (Å²) in [5, 5.41) is 6.17. The van der Waals surface area contributed by atoms with E-state index in [1.165, 1.54) is 0 Å². The Kier molecular flexibility index (Phi) is 4.30. The zero-order valence-electron chi connectivity index (χ0n) is 11.7. The number of carbonyl (C=O) groups is 1. The summed E-state index contributed by atoms with van der Waals surface area (Å²) in [5.41, 5.74) is 1.58. The normalized spacial score (nSPS) is 16.2. The van der Waals surface area contributed by atoms with Gasteiger partial charge in [-0.05, 0) is 41.8 Å². The molecule has 0 aliphatic carbocycles. The number of hydrogen-bond acceptors (Lipinski definition) is 4. The molecule has 0 spiro atoms. The molecule has 21 heavy (non-hydrogen) atoms. The first kappa shape index (κ1) is 14.6. The first-order chi connectivity index (χ1) is 10.1. The second kappa shape index (κ2) is 6.19. The van der Waals surface area contributed by atoms with Crippen LogP contribution in [-0.4, -0.2) is 35.0 Å². The maximum absolute atomic E-state index is 12.2. The average Bonchev–Trinajstić information content (AvgIpc) is 3.11. The zero-order valence-corrected chi connectivity index (χ0v) is 14.1. The molecule has 7 heteroatoms. The number of nitrogens with zero attached hydrogens (tertiary/aromatic N) is 2. The molecule has 1 aliphatic heterocycles. The topological polar surface area (TPSA) is 61.0 Å². The van der Waals surface area contributed by atoms with Crippen LogP contribution in [0.15, 0.2) is 22.1 Å². The van der Waals surface area contributed by atoms with Gasteiger partial charge in [-0.1, -0.05) is 0 Å². The number of aromatic amines is 1. The molecule has 0 saturated carbocycles. The molecule has 0 radical (unpaired) electrons. The quantitative estimate of drug-likeness (QED) is 0.875.